The van der Waals surface area contributed by atoms with Gasteiger partial charge in [0.1, 0.15) is 12.4 Å². The first-order valence-electron chi connectivity index (χ1n) is 9.60. The van der Waals surface area contributed by atoms with Crippen LogP contribution in [0, 0.1) is 0 Å². The summed E-state index contributed by atoms with van der Waals surface area (Å²) in [5, 5.41) is 2.82. The SMILES string of the molecule is C=CCOc1ccc(/C=C/C(=O)OCC(=O)Nc2ccccc2[C@H](C)CC)cc1. The summed E-state index contributed by atoms with van der Waals surface area (Å²) in [6.07, 6.45) is 5.55. The molecular weight excluding hydrogens is 366 g/mol. The van der Waals surface area contributed by atoms with Gasteiger partial charge in [-0.3, -0.25) is 4.79 Å². The lowest BCUT2D eigenvalue weighted by Gasteiger charge is -2.15. The monoisotopic (exact) mass is 393 g/mol. The maximum absolute atomic E-state index is 12.1. The second kappa shape index (κ2) is 11.5. The summed E-state index contributed by atoms with van der Waals surface area (Å²) in [6.45, 7) is 7.89. The number of carbonyl (C=O) groups excluding carboxylic acids is 2. The largest absolute Gasteiger partial charge is 0.490 e. The van der Waals surface area contributed by atoms with E-state index < -0.39 is 5.97 Å². The molecule has 1 N–H and O–H groups in total. The van der Waals surface area contributed by atoms with Crippen molar-refractivity contribution in [3.8, 4) is 5.75 Å². The van der Waals surface area contributed by atoms with Crippen LogP contribution in [-0.4, -0.2) is 25.1 Å². The zero-order valence-corrected chi connectivity index (χ0v) is 16.9. The molecule has 1 atom stereocenters. The molecule has 2 rings (SSSR count). The molecule has 2 aromatic carbocycles. The molecule has 29 heavy (non-hydrogen) atoms. The molecule has 0 aliphatic carbocycles. The number of esters is 1. The number of hydrogen-bond donors (Lipinski definition) is 1. The van der Waals surface area contributed by atoms with Gasteiger partial charge in [0.15, 0.2) is 6.61 Å². The van der Waals surface area contributed by atoms with Gasteiger partial charge >= 0.3 is 5.97 Å². The first-order chi connectivity index (χ1) is 14.0. The van der Waals surface area contributed by atoms with Gasteiger partial charge in [-0.1, -0.05) is 56.8 Å². The van der Waals surface area contributed by atoms with Gasteiger partial charge in [-0.15, -0.1) is 0 Å². The quantitative estimate of drug-likeness (QED) is 0.352. The Kier molecular flexibility index (Phi) is 8.70. The summed E-state index contributed by atoms with van der Waals surface area (Å²) in [4.78, 5) is 24.0. The maximum Gasteiger partial charge on any atom is 0.331 e. The van der Waals surface area contributed by atoms with Crippen LogP contribution in [0.25, 0.3) is 6.08 Å². The van der Waals surface area contributed by atoms with Crippen molar-refractivity contribution in [3.63, 3.8) is 0 Å². The lowest BCUT2D eigenvalue weighted by molar-refractivity contribution is -0.142. The number of amides is 1. The van der Waals surface area contributed by atoms with Crippen LogP contribution in [0.4, 0.5) is 5.69 Å². The van der Waals surface area contributed by atoms with Crippen molar-refractivity contribution in [2.45, 2.75) is 26.2 Å². The first kappa shape index (κ1) is 22.0. The lowest BCUT2D eigenvalue weighted by atomic mass is 9.97. The molecule has 0 unspecified atom stereocenters. The number of ether oxygens (including phenoxy) is 2. The number of anilines is 1. The van der Waals surface area contributed by atoms with E-state index in [9.17, 15) is 9.59 Å². The minimum atomic E-state index is -0.581. The van der Waals surface area contributed by atoms with Crippen LogP contribution in [0.5, 0.6) is 5.75 Å². The van der Waals surface area contributed by atoms with E-state index >= 15 is 0 Å². The standard InChI is InChI=1S/C24H27NO4/c1-4-16-28-20-13-10-19(11-14-20)12-15-24(27)29-17-23(26)25-22-9-7-6-8-21(22)18(3)5-2/h4,6-15,18H,1,5,16-17H2,2-3H3,(H,25,26)/b15-12+/t18-/m1/s1. The molecule has 0 radical (unpaired) electrons. The van der Waals surface area contributed by atoms with Crippen molar-refractivity contribution >= 4 is 23.6 Å². The summed E-state index contributed by atoms with van der Waals surface area (Å²) in [6, 6.07) is 14.9. The molecule has 0 bridgehead atoms. The van der Waals surface area contributed by atoms with Crippen LogP contribution in [0.2, 0.25) is 0 Å². The Bertz CT molecular complexity index is 855. The number of rotatable bonds is 10. The van der Waals surface area contributed by atoms with Crippen molar-refractivity contribution < 1.29 is 19.1 Å². The molecule has 0 fully saturated rings. The first-order valence-corrected chi connectivity index (χ1v) is 9.60. The van der Waals surface area contributed by atoms with Gasteiger partial charge in [0, 0.05) is 11.8 Å². The minimum absolute atomic E-state index is 0.325. The van der Waals surface area contributed by atoms with E-state index in [4.69, 9.17) is 9.47 Å². The van der Waals surface area contributed by atoms with Crippen molar-refractivity contribution in [2.75, 3.05) is 18.5 Å². The third-order valence-corrected chi connectivity index (χ3v) is 4.38. The molecule has 0 aromatic heterocycles. The van der Waals surface area contributed by atoms with E-state index in [-0.39, 0.29) is 12.5 Å². The third kappa shape index (κ3) is 7.30. The summed E-state index contributed by atoms with van der Waals surface area (Å²) in [5.74, 6) is 0.0954. The average Bonchev–Trinajstić information content (AvgIpc) is 2.75. The number of para-hydroxylation sites is 1. The van der Waals surface area contributed by atoms with E-state index in [0.717, 1.165) is 29.0 Å². The predicted molar refractivity (Wildman–Crippen MR) is 116 cm³/mol. The number of benzene rings is 2. The van der Waals surface area contributed by atoms with Gasteiger partial charge in [0.05, 0.1) is 0 Å². The van der Waals surface area contributed by atoms with Crippen LogP contribution in [0.1, 0.15) is 37.3 Å². The number of hydrogen-bond acceptors (Lipinski definition) is 4. The predicted octanol–water partition coefficient (Wildman–Crippen LogP) is 4.96. The highest BCUT2D eigenvalue weighted by molar-refractivity contribution is 5.95. The molecule has 0 aliphatic rings. The molecule has 0 heterocycles. The molecule has 0 spiro atoms. The van der Waals surface area contributed by atoms with Gasteiger partial charge in [-0.05, 0) is 47.7 Å². The summed E-state index contributed by atoms with van der Waals surface area (Å²) >= 11 is 0. The Morgan fingerprint density at radius 3 is 2.55 bits per heavy atom. The van der Waals surface area contributed by atoms with Crippen LogP contribution < -0.4 is 10.1 Å². The summed E-state index contributed by atoms with van der Waals surface area (Å²) in [7, 11) is 0. The topological polar surface area (TPSA) is 64.6 Å². The van der Waals surface area contributed by atoms with Gasteiger partial charge in [0.2, 0.25) is 0 Å². The fourth-order valence-electron chi connectivity index (χ4n) is 2.63. The summed E-state index contributed by atoms with van der Waals surface area (Å²) in [5.41, 5.74) is 2.63. The molecule has 2 aromatic rings. The lowest BCUT2D eigenvalue weighted by Crippen LogP contribution is -2.21. The molecular formula is C24H27NO4. The molecule has 5 heteroatoms. The van der Waals surface area contributed by atoms with E-state index in [0.29, 0.717) is 12.5 Å². The Hall–Kier alpha value is -3.34. The highest BCUT2D eigenvalue weighted by Crippen LogP contribution is 2.26. The van der Waals surface area contributed by atoms with Crippen LogP contribution in [0.15, 0.2) is 67.3 Å². The second-order valence-electron chi connectivity index (χ2n) is 6.55. The fourth-order valence-corrected chi connectivity index (χ4v) is 2.63. The zero-order valence-electron chi connectivity index (χ0n) is 16.9. The highest BCUT2D eigenvalue weighted by Gasteiger charge is 2.12. The van der Waals surface area contributed by atoms with Gasteiger partial charge in [0.25, 0.3) is 5.91 Å². The molecule has 0 saturated heterocycles. The minimum Gasteiger partial charge on any atom is -0.490 e. The fraction of sp³-hybridized carbons (Fsp3) is 0.250. The Balaban J connectivity index is 1.84. The smallest absolute Gasteiger partial charge is 0.331 e. The molecule has 1 amide bonds. The molecule has 0 saturated carbocycles. The maximum atomic E-state index is 12.1. The number of carbonyl (C=O) groups is 2. The summed E-state index contributed by atoms with van der Waals surface area (Å²) < 4.78 is 10.4. The zero-order chi connectivity index (χ0) is 21.1. The van der Waals surface area contributed by atoms with Crippen LogP contribution in [-0.2, 0) is 14.3 Å². The highest BCUT2D eigenvalue weighted by atomic mass is 16.5. The normalized spacial score (nSPS) is 11.7. The van der Waals surface area contributed by atoms with Crippen LogP contribution in [0.3, 0.4) is 0 Å². The van der Waals surface area contributed by atoms with Crippen molar-refractivity contribution in [3.05, 3.63) is 78.4 Å². The molecule has 0 aliphatic heterocycles. The number of nitrogens with one attached hydrogen (secondary N) is 1. The average molecular weight is 393 g/mol. The third-order valence-electron chi connectivity index (χ3n) is 4.38. The Labute approximate surface area is 172 Å². The van der Waals surface area contributed by atoms with E-state index in [1.54, 1.807) is 24.3 Å². The van der Waals surface area contributed by atoms with Gasteiger partial charge in [-0.25, -0.2) is 4.79 Å². The Morgan fingerprint density at radius 2 is 1.86 bits per heavy atom. The van der Waals surface area contributed by atoms with Crippen LogP contribution >= 0.6 is 0 Å². The van der Waals surface area contributed by atoms with E-state index in [2.05, 4.69) is 25.7 Å². The van der Waals surface area contributed by atoms with Crippen molar-refractivity contribution in [2.24, 2.45) is 0 Å². The van der Waals surface area contributed by atoms with E-state index in [1.807, 2.05) is 36.4 Å². The van der Waals surface area contributed by atoms with Gasteiger partial charge in [-0.2, -0.15) is 0 Å². The second-order valence-corrected chi connectivity index (χ2v) is 6.55. The van der Waals surface area contributed by atoms with Crippen molar-refractivity contribution in [1.82, 2.24) is 0 Å². The van der Waals surface area contributed by atoms with Crippen molar-refractivity contribution in [1.29, 1.82) is 0 Å². The van der Waals surface area contributed by atoms with E-state index in [1.165, 1.54) is 6.08 Å². The Morgan fingerprint density at radius 1 is 1.14 bits per heavy atom. The van der Waals surface area contributed by atoms with Gasteiger partial charge < -0.3 is 14.8 Å². The molecule has 152 valence electrons. The molecule has 5 nitrogen and oxygen atoms in total.